The van der Waals surface area contributed by atoms with Crippen LogP contribution in [0.3, 0.4) is 0 Å². The van der Waals surface area contributed by atoms with E-state index in [1.807, 2.05) is 36.4 Å². The minimum Gasteiger partial charge on any atom is -0.481 e. The zero-order valence-corrected chi connectivity index (χ0v) is 19.6. The van der Waals surface area contributed by atoms with E-state index in [1.54, 1.807) is 11.0 Å². The van der Waals surface area contributed by atoms with Gasteiger partial charge in [0.15, 0.2) is 0 Å². The molecular formula is C27H26N2O4S. The normalized spacial score (nSPS) is 15.1. The van der Waals surface area contributed by atoms with Crippen LogP contribution in [0.1, 0.15) is 22.6 Å². The lowest BCUT2D eigenvalue weighted by Gasteiger charge is -2.36. The number of rotatable bonds is 5. The fraction of sp³-hybridized carbons (Fsp3) is 0.259. The van der Waals surface area contributed by atoms with E-state index < -0.39 is 5.97 Å². The Morgan fingerprint density at radius 1 is 0.912 bits per heavy atom. The van der Waals surface area contributed by atoms with Gasteiger partial charge in [-0.05, 0) is 46.0 Å². The summed E-state index contributed by atoms with van der Waals surface area (Å²) in [5.74, 6) is -0.826. The van der Waals surface area contributed by atoms with Crippen LogP contribution in [-0.4, -0.2) is 54.9 Å². The minimum atomic E-state index is -0.870. The van der Waals surface area contributed by atoms with E-state index in [9.17, 15) is 9.59 Å². The molecule has 34 heavy (non-hydrogen) atoms. The monoisotopic (exact) mass is 474 g/mol. The number of thiol groups is 1. The third kappa shape index (κ3) is 4.48. The molecular weight excluding hydrogens is 448 g/mol. The maximum atomic E-state index is 12.9. The highest BCUT2D eigenvalue weighted by Crippen LogP contribution is 2.44. The highest BCUT2D eigenvalue weighted by molar-refractivity contribution is 7.80. The summed E-state index contributed by atoms with van der Waals surface area (Å²) in [6.45, 7) is 2.69. The zero-order valence-electron chi connectivity index (χ0n) is 18.7. The maximum Gasteiger partial charge on any atom is 0.409 e. The molecule has 3 aromatic rings. The molecule has 0 aromatic heterocycles. The molecule has 1 N–H and O–H groups in total. The molecule has 5 rings (SSSR count). The van der Waals surface area contributed by atoms with Gasteiger partial charge in [-0.15, -0.1) is 12.6 Å². The van der Waals surface area contributed by atoms with Crippen LogP contribution < -0.4 is 4.90 Å². The van der Waals surface area contributed by atoms with Crippen molar-refractivity contribution in [2.75, 3.05) is 37.7 Å². The number of piperazine rings is 1. The topological polar surface area (TPSA) is 70.1 Å². The van der Waals surface area contributed by atoms with Gasteiger partial charge in [-0.25, -0.2) is 4.79 Å². The Hall–Kier alpha value is -3.45. The molecule has 1 heterocycles. The lowest BCUT2D eigenvalue weighted by Crippen LogP contribution is -2.49. The molecule has 6 nitrogen and oxygen atoms in total. The first-order chi connectivity index (χ1) is 16.5. The highest BCUT2D eigenvalue weighted by atomic mass is 32.1. The SMILES string of the molecule is O=C(O)Cc1cc(S)cc(N2CCN(C(=O)OCC3c4ccccc4-c4ccccc43)CC2)c1. The maximum absolute atomic E-state index is 12.9. The van der Waals surface area contributed by atoms with Crippen LogP contribution in [0.2, 0.25) is 0 Å². The minimum absolute atomic E-state index is 0.0406. The molecule has 0 unspecified atom stereocenters. The van der Waals surface area contributed by atoms with Crippen molar-refractivity contribution >= 4 is 30.4 Å². The van der Waals surface area contributed by atoms with Crippen molar-refractivity contribution in [2.45, 2.75) is 17.2 Å². The number of aliphatic carboxylic acids is 1. The first kappa shape index (κ1) is 22.3. The fourth-order valence-electron chi connectivity index (χ4n) is 4.95. The van der Waals surface area contributed by atoms with Gasteiger partial charge in [-0.2, -0.15) is 0 Å². The Morgan fingerprint density at radius 2 is 1.53 bits per heavy atom. The van der Waals surface area contributed by atoms with Crippen LogP contribution in [0.15, 0.2) is 71.6 Å². The lowest BCUT2D eigenvalue weighted by atomic mass is 9.98. The Labute approximate surface area is 204 Å². The summed E-state index contributed by atoms with van der Waals surface area (Å²) in [6, 6.07) is 22.2. The van der Waals surface area contributed by atoms with Gasteiger partial charge in [0.05, 0.1) is 6.42 Å². The highest BCUT2D eigenvalue weighted by Gasteiger charge is 2.30. The molecule has 0 saturated carbocycles. The number of nitrogens with zero attached hydrogens (tertiary/aromatic N) is 2. The number of carboxylic acid groups (broad SMARTS) is 1. The molecule has 0 atom stereocenters. The van der Waals surface area contributed by atoms with Gasteiger partial charge in [-0.1, -0.05) is 48.5 Å². The molecule has 0 spiro atoms. The number of ether oxygens (including phenoxy) is 1. The Bertz CT molecular complexity index is 1190. The molecule has 0 bridgehead atoms. The average molecular weight is 475 g/mol. The smallest absolute Gasteiger partial charge is 0.409 e. The number of carbonyl (C=O) groups is 2. The molecule has 3 aromatic carbocycles. The van der Waals surface area contributed by atoms with Crippen LogP contribution in [0.4, 0.5) is 10.5 Å². The summed E-state index contributed by atoms with van der Waals surface area (Å²) in [4.78, 5) is 28.6. The van der Waals surface area contributed by atoms with Gasteiger partial charge in [-0.3, -0.25) is 4.79 Å². The van der Waals surface area contributed by atoms with Gasteiger partial charge in [0.2, 0.25) is 0 Å². The zero-order chi connectivity index (χ0) is 23.7. The number of hydrogen-bond acceptors (Lipinski definition) is 5. The van der Waals surface area contributed by atoms with Gasteiger partial charge in [0.25, 0.3) is 0 Å². The molecule has 0 radical (unpaired) electrons. The van der Waals surface area contributed by atoms with Crippen LogP contribution in [0.25, 0.3) is 11.1 Å². The summed E-state index contributed by atoms with van der Waals surface area (Å²) in [5.41, 5.74) is 6.46. The Kier molecular flexibility index (Phi) is 6.20. The second kappa shape index (κ2) is 9.43. The predicted molar refractivity (Wildman–Crippen MR) is 134 cm³/mol. The summed E-state index contributed by atoms with van der Waals surface area (Å²) < 4.78 is 5.79. The molecule has 1 fully saturated rings. The van der Waals surface area contributed by atoms with Crippen molar-refractivity contribution in [3.63, 3.8) is 0 Å². The van der Waals surface area contributed by atoms with Gasteiger partial charge in [0, 0.05) is 42.7 Å². The number of anilines is 1. The van der Waals surface area contributed by atoms with E-state index in [-0.39, 0.29) is 18.4 Å². The third-order valence-electron chi connectivity index (χ3n) is 6.56. The van der Waals surface area contributed by atoms with Crippen molar-refractivity contribution in [3.05, 3.63) is 83.4 Å². The van der Waals surface area contributed by atoms with E-state index in [0.717, 1.165) is 10.6 Å². The number of amides is 1. The average Bonchev–Trinajstić information content (AvgIpc) is 3.15. The van der Waals surface area contributed by atoms with E-state index in [0.29, 0.717) is 38.3 Å². The summed E-state index contributed by atoms with van der Waals surface area (Å²) in [6.07, 6.45) is -0.336. The molecule has 1 amide bonds. The molecule has 1 aliphatic heterocycles. The molecule has 2 aliphatic rings. The van der Waals surface area contributed by atoms with Gasteiger partial charge in [0.1, 0.15) is 6.61 Å². The van der Waals surface area contributed by atoms with Crippen LogP contribution in [0.5, 0.6) is 0 Å². The van der Waals surface area contributed by atoms with E-state index in [1.165, 1.54) is 22.3 Å². The number of carboxylic acids is 1. The quantitative estimate of drug-likeness (QED) is 0.526. The summed E-state index contributed by atoms with van der Waals surface area (Å²) in [5, 5.41) is 9.10. The standard InChI is InChI=1S/C27H26N2O4S/c30-26(31)15-18-13-19(16-20(34)14-18)28-9-11-29(12-10-28)27(32)33-17-25-23-7-3-1-5-21(23)22-6-2-4-8-24(22)25/h1-8,13-14,16,25,34H,9-12,15,17H2,(H,30,31). The Balaban J connectivity index is 1.21. The van der Waals surface area contributed by atoms with Crippen LogP contribution in [-0.2, 0) is 16.0 Å². The molecule has 1 saturated heterocycles. The van der Waals surface area contributed by atoms with Crippen molar-refractivity contribution in [3.8, 4) is 11.1 Å². The van der Waals surface area contributed by atoms with Gasteiger partial charge < -0.3 is 19.6 Å². The summed E-state index contributed by atoms with van der Waals surface area (Å²) in [7, 11) is 0. The van der Waals surface area contributed by atoms with Gasteiger partial charge >= 0.3 is 12.1 Å². The number of benzene rings is 3. The Morgan fingerprint density at radius 3 is 2.15 bits per heavy atom. The number of carbonyl (C=O) groups excluding carboxylic acids is 1. The molecule has 1 aliphatic carbocycles. The second-order valence-corrected chi connectivity index (χ2v) is 9.22. The third-order valence-corrected chi connectivity index (χ3v) is 6.81. The van der Waals surface area contributed by atoms with Crippen molar-refractivity contribution < 1.29 is 19.4 Å². The van der Waals surface area contributed by atoms with E-state index >= 15 is 0 Å². The molecule has 7 heteroatoms. The first-order valence-electron chi connectivity index (χ1n) is 11.4. The van der Waals surface area contributed by atoms with Crippen molar-refractivity contribution in [2.24, 2.45) is 0 Å². The van der Waals surface area contributed by atoms with E-state index in [4.69, 9.17) is 9.84 Å². The predicted octanol–water partition coefficient (Wildman–Crippen LogP) is 4.67. The van der Waals surface area contributed by atoms with Crippen molar-refractivity contribution in [1.82, 2.24) is 4.90 Å². The number of hydrogen-bond donors (Lipinski definition) is 2. The van der Waals surface area contributed by atoms with Crippen molar-refractivity contribution in [1.29, 1.82) is 0 Å². The largest absolute Gasteiger partial charge is 0.481 e. The first-order valence-corrected chi connectivity index (χ1v) is 11.8. The second-order valence-electron chi connectivity index (χ2n) is 8.71. The fourth-order valence-corrected chi connectivity index (χ4v) is 5.25. The van der Waals surface area contributed by atoms with Crippen LogP contribution >= 0.6 is 12.6 Å². The lowest BCUT2D eigenvalue weighted by molar-refractivity contribution is -0.136. The number of fused-ring (bicyclic) bond motifs is 3. The summed E-state index contributed by atoms with van der Waals surface area (Å²) >= 11 is 4.42. The van der Waals surface area contributed by atoms with Crippen LogP contribution in [0, 0.1) is 0 Å². The molecule has 174 valence electrons. The van der Waals surface area contributed by atoms with E-state index in [2.05, 4.69) is 41.8 Å².